The lowest BCUT2D eigenvalue weighted by Gasteiger charge is -2.41. The van der Waals surface area contributed by atoms with Crippen LogP contribution in [0.4, 0.5) is 11.4 Å². The third kappa shape index (κ3) is 5.93. The molecule has 40 heavy (non-hydrogen) atoms. The van der Waals surface area contributed by atoms with Gasteiger partial charge in [0.2, 0.25) is 5.91 Å². The second-order valence-electron chi connectivity index (χ2n) is 10.9. The molecule has 0 saturated carbocycles. The Morgan fingerprint density at radius 2 is 1.80 bits per heavy atom. The minimum atomic E-state index is -0.318. The maximum atomic E-state index is 13.4. The number of carbonyl (C=O) groups is 1. The summed E-state index contributed by atoms with van der Waals surface area (Å²) in [5.41, 5.74) is 10.1. The van der Waals surface area contributed by atoms with Gasteiger partial charge in [-0.3, -0.25) is 20.0 Å². The smallest absolute Gasteiger partial charge is 0.246 e. The van der Waals surface area contributed by atoms with E-state index in [-0.39, 0.29) is 18.1 Å². The zero-order valence-corrected chi connectivity index (χ0v) is 23.5. The molecule has 0 spiro atoms. The van der Waals surface area contributed by atoms with Crippen LogP contribution in [0.1, 0.15) is 48.4 Å². The van der Waals surface area contributed by atoms with E-state index >= 15 is 0 Å². The fourth-order valence-electron chi connectivity index (χ4n) is 5.86. The largest absolute Gasteiger partial charge is 0.490 e. The number of hydrogen-bond donors (Lipinski definition) is 3. The molecule has 3 saturated heterocycles. The van der Waals surface area contributed by atoms with E-state index in [0.717, 1.165) is 82.0 Å². The molecule has 0 bridgehead atoms. The van der Waals surface area contributed by atoms with Gasteiger partial charge in [-0.25, -0.2) is 0 Å². The summed E-state index contributed by atoms with van der Waals surface area (Å²) < 4.78 is 11.6. The molecular formula is C31H37N5O3S. The van der Waals surface area contributed by atoms with Crippen molar-refractivity contribution in [2.75, 3.05) is 50.4 Å². The first-order valence-corrected chi connectivity index (χ1v) is 15.1. The molecule has 0 radical (unpaired) electrons. The summed E-state index contributed by atoms with van der Waals surface area (Å²) in [6.45, 7) is 5.62. The van der Waals surface area contributed by atoms with Crippen LogP contribution in [0.15, 0.2) is 59.3 Å². The molecule has 3 aliphatic rings. The predicted octanol–water partition coefficient (Wildman–Crippen LogP) is 4.76. The fourth-order valence-corrected chi connectivity index (χ4v) is 6.54. The highest BCUT2D eigenvalue weighted by atomic mass is 32.1. The predicted molar refractivity (Wildman–Crippen MR) is 160 cm³/mol. The molecule has 2 aromatic carbocycles. The molecule has 1 unspecified atom stereocenters. The number of benzene rings is 2. The van der Waals surface area contributed by atoms with Gasteiger partial charge >= 0.3 is 0 Å². The maximum absolute atomic E-state index is 13.4. The van der Waals surface area contributed by atoms with Crippen LogP contribution < -0.4 is 15.8 Å². The molecule has 3 fully saturated rings. The average Bonchev–Trinajstić information content (AvgIpc) is 3.66. The van der Waals surface area contributed by atoms with E-state index in [0.29, 0.717) is 28.7 Å². The van der Waals surface area contributed by atoms with E-state index in [1.54, 1.807) is 29.5 Å². The highest BCUT2D eigenvalue weighted by Crippen LogP contribution is 2.30. The molecule has 1 aromatic heterocycles. The Labute approximate surface area is 239 Å². The van der Waals surface area contributed by atoms with E-state index in [1.165, 1.54) is 0 Å². The van der Waals surface area contributed by atoms with Crippen molar-refractivity contribution in [3.8, 4) is 5.75 Å². The monoisotopic (exact) mass is 559 g/mol. The first-order chi connectivity index (χ1) is 19.5. The minimum absolute atomic E-state index is 0.0593. The van der Waals surface area contributed by atoms with Crippen molar-refractivity contribution >= 4 is 34.3 Å². The van der Waals surface area contributed by atoms with Crippen LogP contribution in [0, 0.1) is 5.41 Å². The summed E-state index contributed by atoms with van der Waals surface area (Å²) in [6.07, 6.45) is 4.44. The molecule has 1 atom stereocenters. The molecule has 8 nitrogen and oxygen atoms in total. The Kier molecular flexibility index (Phi) is 8.15. The van der Waals surface area contributed by atoms with Gasteiger partial charge in [-0.15, -0.1) is 0 Å². The van der Waals surface area contributed by atoms with E-state index in [4.69, 9.17) is 20.6 Å². The lowest BCUT2D eigenvalue weighted by atomic mass is 10.00. The number of anilines is 2. The van der Waals surface area contributed by atoms with Crippen molar-refractivity contribution in [1.29, 1.82) is 5.41 Å². The van der Waals surface area contributed by atoms with Crippen LogP contribution in [0.2, 0.25) is 0 Å². The number of nitrogens with zero attached hydrogens (tertiary/aromatic N) is 2. The van der Waals surface area contributed by atoms with E-state index < -0.39 is 0 Å². The number of rotatable bonds is 9. The number of carbonyl (C=O) groups excluding carboxylic acids is 1. The summed E-state index contributed by atoms with van der Waals surface area (Å²) in [5, 5.41) is 16.0. The first-order valence-electron chi connectivity index (χ1n) is 14.2. The van der Waals surface area contributed by atoms with E-state index in [9.17, 15) is 4.79 Å². The number of thiophene rings is 1. The molecule has 6 rings (SSSR count). The zero-order chi connectivity index (χ0) is 27.5. The molecule has 210 valence electrons. The number of amides is 1. The summed E-state index contributed by atoms with van der Waals surface area (Å²) in [5.74, 6) is 0.758. The van der Waals surface area contributed by atoms with Crippen molar-refractivity contribution in [3.05, 3.63) is 76.0 Å². The summed E-state index contributed by atoms with van der Waals surface area (Å²) in [7, 11) is 0. The highest BCUT2D eigenvalue weighted by molar-refractivity contribution is 7.08. The summed E-state index contributed by atoms with van der Waals surface area (Å²) in [4.78, 5) is 18.2. The van der Waals surface area contributed by atoms with Gasteiger partial charge in [0.25, 0.3) is 0 Å². The van der Waals surface area contributed by atoms with Gasteiger partial charge in [0, 0.05) is 35.6 Å². The second kappa shape index (κ2) is 12.1. The van der Waals surface area contributed by atoms with Crippen LogP contribution in [0.25, 0.3) is 0 Å². The minimum Gasteiger partial charge on any atom is -0.490 e. The van der Waals surface area contributed by atoms with Gasteiger partial charge in [-0.05, 0) is 104 Å². The second-order valence-corrected chi connectivity index (χ2v) is 11.7. The number of piperidine rings is 1. The van der Waals surface area contributed by atoms with Crippen molar-refractivity contribution < 1.29 is 14.3 Å². The fraction of sp³-hybridized carbons (Fsp3) is 0.419. The Morgan fingerprint density at radius 3 is 2.45 bits per heavy atom. The quantitative estimate of drug-likeness (QED) is 0.258. The third-order valence-corrected chi connectivity index (χ3v) is 8.96. The summed E-state index contributed by atoms with van der Waals surface area (Å²) >= 11 is 1.60. The van der Waals surface area contributed by atoms with E-state index in [1.807, 2.05) is 41.1 Å². The normalized spacial score (nSPS) is 19.7. The molecular weight excluding hydrogens is 522 g/mol. The molecule has 3 aromatic rings. The molecule has 1 amide bonds. The molecule has 0 aliphatic carbocycles. The third-order valence-electron chi connectivity index (χ3n) is 8.26. The van der Waals surface area contributed by atoms with Gasteiger partial charge in [-0.2, -0.15) is 11.3 Å². The van der Waals surface area contributed by atoms with Gasteiger partial charge < -0.3 is 20.5 Å². The van der Waals surface area contributed by atoms with Crippen LogP contribution in [-0.2, 0) is 9.53 Å². The lowest BCUT2D eigenvalue weighted by molar-refractivity contribution is -0.121. The van der Waals surface area contributed by atoms with Gasteiger partial charge in [-0.1, -0.05) is 0 Å². The SMILES string of the molecule is N=C(c1ccc(OC2CCN(C3COC3)CC2)cc1)c1cc(NC(=O)C(c2ccsc2)N2CCCC2)ccc1N. The van der Waals surface area contributed by atoms with Crippen LogP contribution in [0.5, 0.6) is 5.75 Å². The number of nitrogen functional groups attached to an aromatic ring is 1. The van der Waals surface area contributed by atoms with Crippen molar-refractivity contribution in [2.24, 2.45) is 0 Å². The highest BCUT2D eigenvalue weighted by Gasteiger charge is 2.31. The number of hydrogen-bond acceptors (Lipinski definition) is 8. The molecule has 3 aliphatic heterocycles. The number of nitrogens with two attached hydrogens (primary N) is 1. The van der Waals surface area contributed by atoms with E-state index in [2.05, 4.69) is 15.1 Å². The number of nitrogens with one attached hydrogen (secondary N) is 2. The van der Waals surface area contributed by atoms with Crippen molar-refractivity contribution in [1.82, 2.24) is 9.80 Å². The number of likely N-dealkylation sites (tertiary alicyclic amines) is 2. The van der Waals surface area contributed by atoms with Crippen molar-refractivity contribution in [3.63, 3.8) is 0 Å². The molecule has 9 heteroatoms. The zero-order valence-electron chi connectivity index (χ0n) is 22.7. The van der Waals surface area contributed by atoms with Gasteiger partial charge in [0.15, 0.2) is 0 Å². The Hall–Kier alpha value is -3.24. The molecule has 4 N–H and O–H groups in total. The van der Waals surface area contributed by atoms with Crippen molar-refractivity contribution in [2.45, 2.75) is 43.9 Å². The Balaban J connectivity index is 1.10. The standard InChI is InChI=1S/C31H37N5O3S/c32-28-8-5-23(34-31(37)30(22-11-16-40-20-22)36-12-1-2-13-36)17-27(28)29(33)21-3-6-25(7-4-21)39-26-9-14-35(15-10-26)24-18-38-19-24/h3-8,11,16-17,20,24,26,30,33H,1-2,9-10,12-15,18-19,32H2,(H,34,37). The maximum Gasteiger partial charge on any atom is 0.246 e. The van der Waals surface area contributed by atoms with Crippen LogP contribution in [0.3, 0.4) is 0 Å². The summed E-state index contributed by atoms with van der Waals surface area (Å²) in [6, 6.07) is 15.3. The number of ether oxygens (including phenoxy) is 2. The lowest BCUT2D eigenvalue weighted by Crippen LogP contribution is -2.52. The first kappa shape index (κ1) is 27.0. The van der Waals surface area contributed by atoms with Gasteiger partial charge in [0.05, 0.1) is 25.0 Å². The van der Waals surface area contributed by atoms with Gasteiger partial charge in [0.1, 0.15) is 17.9 Å². The van der Waals surface area contributed by atoms with Crippen LogP contribution in [-0.4, -0.2) is 73.0 Å². The molecule has 4 heterocycles. The Bertz CT molecular complexity index is 1310. The topological polar surface area (TPSA) is 104 Å². The Morgan fingerprint density at radius 1 is 1.05 bits per heavy atom. The average molecular weight is 560 g/mol. The van der Waals surface area contributed by atoms with Crippen LogP contribution >= 0.6 is 11.3 Å².